The Morgan fingerprint density at radius 3 is 2.96 bits per heavy atom. The quantitative estimate of drug-likeness (QED) is 0.541. The first-order valence-electron chi connectivity index (χ1n) is 6.98. The SMILES string of the molecule is COc1ccc2c(=O)c(C#CCOC(=O)c3cccs3)coc2c1. The molecular formula is C18H12O5S. The van der Waals surface area contributed by atoms with Gasteiger partial charge in [0.25, 0.3) is 0 Å². The van der Waals surface area contributed by atoms with E-state index in [-0.39, 0.29) is 17.6 Å². The summed E-state index contributed by atoms with van der Waals surface area (Å²) in [5.74, 6) is 5.49. The Balaban J connectivity index is 1.75. The van der Waals surface area contributed by atoms with Crippen LogP contribution >= 0.6 is 11.3 Å². The van der Waals surface area contributed by atoms with E-state index in [0.717, 1.165) is 0 Å². The Kier molecular flexibility index (Phi) is 4.64. The largest absolute Gasteiger partial charge is 0.497 e. The molecule has 120 valence electrons. The number of hydrogen-bond donors (Lipinski definition) is 0. The summed E-state index contributed by atoms with van der Waals surface area (Å²) < 4.78 is 15.5. The number of rotatable bonds is 3. The molecule has 0 fully saturated rings. The van der Waals surface area contributed by atoms with E-state index in [0.29, 0.717) is 21.6 Å². The fourth-order valence-electron chi connectivity index (χ4n) is 2.02. The van der Waals surface area contributed by atoms with E-state index in [2.05, 4.69) is 11.8 Å². The first kappa shape index (κ1) is 15.8. The average Bonchev–Trinajstić information content (AvgIpc) is 3.14. The summed E-state index contributed by atoms with van der Waals surface area (Å²) >= 11 is 1.29. The predicted molar refractivity (Wildman–Crippen MR) is 90.5 cm³/mol. The minimum atomic E-state index is -0.433. The molecule has 0 aliphatic heterocycles. The summed E-state index contributed by atoms with van der Waals surface area (Å²) in [7, 11) is 1.54. The van der Waals surface area contributed by atoms with E-state index in [9.17, 15) is 9.59 Å². The Labute approximate surface area is 141 Å². The summed E-state index contributed by atoms with van der Waals surface area (Å²) in [6.45, 7) is -0.100. The second-order valence-corrected chi connectivity index (χ2v) is 5.64. The lowest BCUT2D eigenvalue weighted by Crippen LogP contribution is -2.06. The Morgan fingerprint density at radius 2 is 2.21 bits per heavy atom. The number of fused-ring (bicyclic) bond motifs is 1. The van der Waals surface area contributed by atoms with Crippen LogP contribution in [0.25, 0.3) is 11.0 Å². The van der Waals surface area contributed by atoms with Gasteiger partial charge in [-0.25, -0.2) is 4.79 Å². The third kappa shape index (κ3) is 3.31. The van der Waals surface area contributed by atoms with Gasteiger partial charge in [0.1, 0.15) is 28.0 Å². The molecule has 0 bridgehead atoms. The van der Waals surface area contributed by atoms with E-state index >= 15 is 0 Å². The lowest BCUT2D eigenvalue weighted by molar-refractivity contribution is 0.0562. The van der Waals surface area contributed by atoms with Gasteiger partial charge in [-0.1, -0.05) is 17.9 Å². The number of hydrogen-bond acceptors (Lipinski definition) is 6. The third-order valence-electron chi connectivity index (χ3n) is 3.20. The van der Waals surface area contributed by atoms with Crippen LogP contribution in [0, 0.1) is 11.8 Å². The van der Waals surface area contributed by atoms with Crippen LogP contribution in [0.5, 0.6) is 5.75 Å². The molecule has 0 atom stereocenters. The second kappa shape index (κ2) is 7.02. The van der Waals surface area contributed by atoms with E-state index in [1.807, 2.05) is 0 Å². The lowest BCUT2D eigenvalue weighted by atomic mass is 10.1. The van der Waals surface area contributed by atoms with E-state index in [1.54, 1.807) is 35.7 Å². The van der Waals surface area contributed by atoms with Crippen LogP contribution in [-0.4, -0.2) is 19.7 Å². The number of thiophene rings is 1. The van der Waals surface area contributed by atoms with Crippen molar-refractivity contribution in [2.24, 2.45) is 0 Å². The molecule has 6 heteroatoms. The molecule has 0 saturated heterocycles. The van der Waals surface area contributed by atoms with Gasteiger partial charge in [0.15, 0.2) is 6.61 Å². The zero-order chi connectivity index (χ0) is 16.9. The topological polar surface area (TPSA) is 65.7 Å². The minimum Gasteiger partial charge on any atom is -0.497 e. The molecule has 0 spiro atoms. The van der Waals surface area contributed by atoms with Gasteiger partial charge in [-0.05, 0) is 23.6 Å². The fraction of sp³-hybridized carbons (Fsp3) is 0.111. The molecule has 0 N–H and O–H groups in total. The van der Waals surface area contributed by atoms with Gasteiger partial charge in [0.2, 0.25) is 5.43 Å². The number of esters is 1. The summed E-state index contributed by atoms with van der Waals surface area (Å²) in [5, 5.41) is 2.20. The predicted octanol–water partition coefficient (Wildman–Crippen LogP) is 3.07. The Bertz CT molecular complexity index is 990. The van der Waals surface area contributed by atoms with E-state index < -0.39 is 5.97 Å². The van der Waals surface area contributed by atoms with E-state index in [4.69, 9.17) is 13.9 Å². The maximum Gasteiger partial charge on any atom is 0.349 e. The molecule has 2 aromatic heterocycles. The number of methoxy groups -OCH3 is 1. The molecule has 1 aromatic carbocycles. The average molecular weight is 340 g/mol. The molecule has 0 aliphatic rings. The van der Waals surface area contributed by atoms with Crippen molar-refractivity contribution < 1.29 is 18.7 Å². The molecule has 0 amide bonds. The monoisotopic (exact) mass is 340 g/mol. The first-order valence-corrected chi connectivity index (χ1v) is 7.86. The Morgan fingerprint density at radius 1 is 1.33 bits per heavy atom. The van der Waals surface area contributed by atoms with Crippen molar-refractivity contribution in [3.63, 3.8) is 0 Å². The molecule has 0 saturated carbocycles. The van der Waals surface area contributed by atoms with Crippen molar-refractivity contribution >= 4 is 28.3 Å². The molecule has 2 heterocycles. The van der Waals surface area contributed by atoms with Crippen LogP contribution in [0.2, 0.25) is 0 Å². The van der Waals surface area contributed by atoms with Crippen LogP contribution in [-0.2, 0) is 4.74 Å². The smallest absolute Gasteiger partial charge is 0.349 e. The van der Waals surface area contributed by atoms with Crippen molar-refractivity contribution in [1.82, 2.24) is 0 Å². The zero-order valence-electron chi connectivity index (χ0n) is 12.7. The van der Waals surface area contributed by atoms with Gasteiger partial charge in [0.05, 0.1) is 12.5 Å². The standard InChI is InChI=1S/C18H12O5S/c1-21-13-6-7-14-15(10-13)23-11-12(17(14)19)4-2-8-22-18(20)16-5-3-9-24-16/h3,5-7,9-11H,8H2,1H3. The number of carbonyl (C=O) groups is 1. The highest BCUT2D eigenvalue weighted by Crippen LogP contribution is 2.18. The number of benzene rings is 1. The number of carbonyl (C=O) groups excluding carboxylic acids is 1. The highest BCUT2D eigenvalue weighted by atomic mass is 32.1. The zero-order valence-corrected chi connectivity index (χ0v) is 13.5. The molecule has 0 radical (unpaired) electrons. The normalized spacial score (nSPS) is 10.0. The van der Waals surface area contributed by atoms with Crippen molar-refractivity contribution in [3.8, 4) is 17.6 Å². The van der Waals surface area contributed by atoms with Crippen LogP contribution in [0.1, 0.15) is 15.2 Å². The first-order chi connectivity index (χ1) is 11.7. The fourth-order valence-corrected chi connectivity index (χ4v) is 2.64. The van der Waals surface area contributed by atoms with Gasteiger partial charge >= 0.3 is 5.97 Å². The summed E-state index contributed by atoms with van der Waals surface area (Å²) in [6, 6.07) is 8.38. The highest BCUT2D eigenvalue weighted by molar-refractivity contribution is 7.11. The molecule has 24 heavy (non-hydrogen) atoms. The van der Waals surface area contributed by atoms with Crippen LogP contribution in [0.4, 0.5) is 0 Å². The maximum absolute atomic E-state index is 12.3. The van der Waals surface area contributed by atoms with Gasteiger partial charge in [-0.15, -0.1) is 11.3 Å². The van der Waals surface area contributed by atoms with Gasteiger partial charge < -0.3 is 13.9 Å². The van der Waals surface area contributed by atoms with Crippen LogP contribution in [0.15, 0.2) is 51.2 Å². The number of ether oxygens (including phenoxy) is 2. The lowest BCUT2D eigenvalue weighted by Gasteiger charge is -2.01. The molecule has 3 aromatic rings. The van der Waals surface area contributed by atoms with Crippen molar-refractivity contribution in [2.45, 2.75) is 0 Å². The molecule has 0 unspecified atom stereocenters. The second-order valence-electron chi connectivity index (χ2n) is 4.70. The highest BCUT2D eigenvalue weighted by Gasteiger charge is 2.07. The minimum absolute atomic E-state index is 0.100. The van der Waals surface area contributed by atoms with Gasteiger partial charge in [0, 0.05) is 6.07 Å². The van der Waals surface area contributed by atoms with Crippen molar-refractivity contribution in [3.05, 3.63) is 62.6 Å². The van der Waals surface area contributed by atoms with Crippen LogP contribution in [0.3, 0.4) is 0 Å². The van der Waals surface area contributed by atoms with Crippen molar-refractivity contribution in [1.29, 1.82) is 0 Å². The van der Waals surface area contributed by atoms with Crippen LogP contribution < -0.4 is 10.2 Å². The molecular weight excluding hydrogens is 328 g/mol. The molecule has 0 aliphatic carbocycles. The van der Waals surface area contributed by atoms with Gasteiger partial charge in [-0.2, -0.15) is 0 Å². The summed E-state index contributed by atoms with van der Waals surface area (Å²) in [6.07, 6.45) is 1.29. The molecule has 5 nitrogen and oxygen atoms in total. The molecule has 3 rings (SSSR count). The van der Waals surface area contributed by atoms with Crippen molar-refractivity contribution in [2.75, 3.05) is 13.7 Å². The summed E-state index contributed by atoms with van der Waals surface area (Å²) in [4.78, 5) is 24.5. The van der Waals surface area contributed by atoms with E-state index in [1.165, 1.54) is 24.7 Å². The summed E-state index contributed by atoms with van der Waals surface area (Å²) in [5.41, 5.74) is 0.393. The van der Waals surface area contributed by atoms with Gasteiger partial charge in [-0.3, -0.25) is 4.79 Å². The third-order valence-corrected chi connectivity index (χ3v) is 4.05. The Hall–Kier alpha value is -3.04. The maximum atomic E-state index is 12.3.